The number of aryl methyl sites for hydroxylation is 3. The maximum Gasteiger partial charge on any atom is 0.186 e. The molecule has 0 saturated carbocycles. The summed E-state index contributed by atoms with van der Waals surface area (Å²) in [4.78, 5) is 11.6. The first-order valence-corrected chi connectivity index (χ1v) is 13.9. The van der Waals surface area contributed by atoms with Gasteiger partial charge in [-0.05, 0) is 92.3 Å². The van der Waals surface area contributed by atoms with Crippen molar-refractivity contribution in [2.75, 3.05) is 19.6 Å². The maximum absolute atomic E-state index is 9.79. The topological polar surface area (TPSA) is 242 Å². The molecule has 12 nitrogen and oxygen atoms in total. The van der Waals surface area contributed by atoms with Crippen LogP contribution in [0.15, 0.2) is 75.6 Å². The second-order valence-corrected chi connectivity index (χ2v) is 10.3. The summed E-state index contributed by atoms with van der Waals surface area (Å²) < 4.78 is 0. The van der Waals surface area contributed by atoms with Crippen molar-refractivity contribution in [2.45, 2.75) is 52.9 Å². The van der Waals surface area contributed by atoms with Gasteiger partial charge in [0.1, 0.15) is 11.5 Å². The Bertz CT molecular complexity index is 1390. The zero-order valence-corrected chi connectivity index (χ0v) is 26.0. The lowest BCUT2D eigenvalue weighted by Gasteiger charge is -2.11. The van der Waals surface area contributed by atoms with Crippen molar-refractivity contribution in [2.24, 2.45) is 37.9 Å². The number of aliphatic hydroxyl groups excluding tert-OH is 3. The Labute approximate surface area is 259 Å². The highest BCUT2D eigenvalue weighted by atomic mass is 16.3. The van der Waals surface area contributed by atoms with Gasteiger partial charge in [0, 0.05) is 0 Å². The molecule has 0 heterocycles. The lowest BCUT2D eigenvalue weighted by atomic mass is 10.0. The van der Waals surface area contributed by atoms with E-state index in [0.717, 1.165) is 22.3 Å². The number of hydrogen-bond acceptors (Lipinski definition) is 8. The molecule has 0 radical (unpaired) electrons. The minimum absolute atomic E-state index is 0.0631. The number of phenolic OH excluding ortho intramolecular Hbond substituents is 2. The van der Waals surface area contributed by atoms with Gasteiger partial charge in [0.05, 0.1) is 49.6 Å². The van der Waals surface area contributed by atoms with Crippen LogP contribution in [0.25, 0.3) is 0 Å². The van der Waals surface area contributed by atoms with E-state index in [1.165, 1.54) is 12.1 Å². The Hall–Kier alpha value is -4.65. The second-order valence-electron chi connectivity index (χ2n) is 10.3. The number of hydrogen-bond donors (Lipinski definition) is 9. The van der Waals surface area contributed by atoms with Crippen LogP contribution in [-0.4, -0.2) is 62.8 Å². The summed E-state index contributed by atoms with van der Waals surface area (Å²) in [5.74, 6) is 1.13. The van der Waals surface area contributed by atoms with Crippen LogP contribution in [0.1, 0.15) is 65.5 Å². The van der Waals surface area contributed by atoms with E-state index >= 15 is 0 Å². The number of phenols is 2. The minimum atomic E-state index is -0.806. The second kappa shape index (κ2) is 18.8. The Balaban J connectivity index is 0.000000330. The largest absolute Gasteiger partial charge is 0.508 e. The summed E-state index contributed by atoms with van der Waals surface area (Å²) in [7, 11) is 0. The third-order valence-electron chi connectivity index (χ3n) is 6.11. The SMILES string of the molecule is CC(N)=NC[C@H](O)c1cc(C)cc(O)c1.CC(N)=NC[C@H](O)c1ccccc1C.Cc1ccc(O)cc1[C@@H](O)CN=C(N)N. The predicted molar refractivity (Wildman–Crippen MR) is 177 cm³/mol. The van der Waals surface area contributed by atoms with Crippen LogP contribution < -0.4 is 22.9 Å². The van der Waals surface area contributed by atoms with Crippen LogP contribution in [0.5, 0.6) is 11.5 Å². The lowest BCUT2D eigenvalue weighted by molar-refractivity contribution is 0.186. The first kappa shape index (κ1) is 37.4. The average Bonchev–Trinajstić information content (AvgIpc) is 2.95. The molecule has 3 rings (SSSR count). The molecule has 44 heavy (non-hydrogen) atoms. The van der Waals surface area contributed by atoms with Crippen molar-refractivity contribution in [1.82, 2.24) is 0 Å². The molecule has 0 unspecified atom stereocenters. The summed E-state index contributed by atoms with van der Waals surface area (Å²) in [5.41, 5.74) is 26.1. The minimum Gasteiger partial charge on any atom is -0.508 e. The van der Waals surface area contributed by atoms with Crippen LogP contribution in [0.4, 0.5) is 0 Å². The van der Waals surface area contributed by atoms with Gasteiger partial charge >= 0.3 is 0 Å². The number of amidine groups is 2. The highest BCUT2D eigenvalue weighted by Crippen LogP contribution is 2.23. The maximum atomic E-state index is 9.79. The van der Waals surface area contributed by atoms with E-state index in [1.54, 1.807) is 32.0 Å². The van der Waals surface area contributed by atoms with E-state index in [2.05, 4.69) is 15.0 Å². The molecule has 0 spiro atoms. The number of nitrogens with zero attached hydrogens (tertiary/aromatic N) is 3. The number of guanidine groups is 1. The summed E-state index contributed by atoms with van der Waals surface area (Å²) >= 11 is 0. The molecule has 0 fully saturated rings. The monoisotopic (exact) mass is 609 g/mol. The normalized spacial score (nSPS) is 13.4. The number of benzene rings is 3. The van der Waals surface area contributed by atoms with E-state index in [1.807, 2.05) is 51.1 Å². The van der Waals surface area contributed by atoms with Crippen molar-refractivity contribution in [3.8, 4) is 11.5 Å². The molecule has 3 atom stereocenters. The molecule has 13 N–H and O–H groups in total. The van der Waals surface area contributed by atoms with E-state index < -0.39 is 18.3 Å². The summed E-state index contributed by atoms with van der Waals surface area (Å²) in [5, 5.41) is 47.9. The highest BCUT2D eigenvalue weighted by molar-refractivity contribution is 5.77. The molecule has 3 aromatic carbocycles. The Morgan fingerprint density at radius 3 is 1.68 bits per heavy atom. The molecule has 3 aromatic rings. The predicted octanol–water partition coefficient (Wildman–Crippen LogP) is 2.52. The fourth-order valence-corrected chi connectivity index (χ4v) is 3.89. The number of aliphatic imine (C=N–C) groups is 3. The van der Waals surface area contributed by atoms with Crippen molar-refractivity contribution >= 4 is 17.6 Å². The Kier molecular flexibility index (Phi) is 16.0. The molecule has 0 saturated heterocycles. The van der Waals surface area contributed by atoms with E-state index in [0.29, 0.717) is 29.3 Å². The van der Waals surface area contributed by atoms with E-state index in [9.17, 15) is 25.5 Å². The number of nitrogens with two attached hydrogens (primary N) is 4. The van der Waals surface area contributed by atoms with Gasteiger partial charge in [0.2, 0.25) is 0 Å². The molecular weight excluding hydrogens is 562 g/mol. The molecule has 0 aliphatic heterocycles. The highest BCUT2D eigenvalue weighted by Gasteiger charge is 2.11. The Morgan fingerprint density at radius 2 is 1.14 bits per heavy atom. The van der Waals surface area contributed by atoms with E-state index in [-0.39, 0.29) is 30.5 Å². The van der Waals surface area contributed by atoms with E-state index in [4.69, 9.17) is 22.9 Å². The van der Waals surface area contributed by atoms with Crippen molar-refractivity contribution in [1.29, 1.82) is 0 Å². The smallest absolute Gasteiger partial charge is 0.186 e. The van der Waals surface area contributed by atoms with Gasteiger partial charge in [-0.15, -0.1) is 0 Å². The lowest BCUT2D eigenvalue weighted by Crippen LogP contribution is -2.23. The van der Waals surface area contributed by atoms with Gasteiger partial charge in [0.15, 0.2) is 5.96 Å². The van der Waals surface area contributed by atoms with Gasteiger partial charge in [-0.1, -0.05) is 36.4 Å². The average molecular weight is 610 g/mol. The zero-order valence-electron chi connectivity index (χ0n) is 26.0. The first-order valence-electron chi connectivity index (χ1n) is 13.9. The van der Waals surface area contributed by atoms with Crippen molar-refractivity contribution in [3.63, 3.8) is 0 Å². The summed E-state index contributed by atoms with van der Waals surface area (Å²) in [6.45, 7) is 9.68. The fourth-order valence-electron chi connectivity index (χ4n) is 3.89. The molecule has 240 valence electrons. The zero-order chi connectivity index (χ0) is 33.4. The van der Waals surface area contributed by atoms with Gasteiger partial charge in [-0.2, -0.15) is 0 Å². The molecule has 0 aliphatic rings. The molecule has 0 aliphatic carbocycles. The summed E-state index contributed by atoms with van der Waals surface area (Å²) in [6, 6.07) is 17.5. The molecule has 12 heteroatoms. The van der Waals surface area contributed by atoms with Gasteiger partial charge < -0.3 is 48.5 Å². The number of rotatable bonds is 9. The van der Waals surface area contributed by atoms with Crippen LogP contribution in [0, 0.1) is 20.8 Å². The van der Waals surface area contributed by atoms with Gasteiger partial charge in [-0.25, -0.2) is 0 Å². The quantitative estimate of drug-likeness (QED) is 0.128. The molecule has 0 bridgehead atoms. The molecule has 0 amide bonds. The fraction of sp³-hybridized carbons (Fsp3) is 0.344. The summed E-state index contributed by atoms with van der Waals surface area (Å²) in [6.07, 6.45) is -2.09. The van der Waals surface area contributed by atoms with Crippen LogP contribution in [-0.2, 0) is 0 Å². The molecule has 0 aromatic heterocycles. The first-order chi connectivity index (χ1) is 20.6. The number of aliphatic hydroxyl groups is 3. The van der Waals surface area contributed by atoms with Crippen LogP contribution in [0.2, 0.25) is 0 Å². The Morgan fingerprint density at radius 1 is 0.614 bits per heavy atom. The standard InChI is InChI=1S/C11H16N2O2.C11H16N2O.C10H15N3O2/c1-7-3-9(5-10(14)4-7)11(15)6-13-8(2)12;1-8-5-3-4-6-10(8)11(14)7-13-9(2)12;1-6-2-3-7(14)4-8(6)9(15)5-13-10(11)12/h3-5,11,14-15H,6H2,1-2H3,(H2,12,13);3-6,11,14H,7H2,1-2H3,(H2,12,13);2-4,9,14-15H,5H2,1H3,(H4,11,12,13)/t2*11-;9-/m000/s1. The van der Waals surface area contributed by atoms with Crippen LogP contribution in [0.3, 0.4) is 0 Å². The van der Waals surface area contributed by atoms with Crippen molar-refractivity contribution in [3.05, 3.63) is 94.0 Å². The van der Waals surface area contributed by atoms with Crippen LogP contribution >= 0.6 is 0 Å². The third kappa shape index (κ3) is 14.5. The third-order valence-corrected chi connectivity index (χ3v) is 6.11. The van der Waals surface area contributed by atoms with Crippen molar-refractivity contribution < 1.29 is 25.5 Å². The molecular formula is C32H47N7O5. The van der Waals surface area contributed by atoms with Gasteiger partial charge in [0.25, 0.3) is 0 Å². The van der Waals surface area contributed by atoms with Gasteiger partial charge in [-0.3, -0.25) is 15.0 Å². The number of aromatic hydroxyl groups is 2.